The number of hydrogen-bond donors (Lipinski definition) is 3. The van der Waals surface area contributed by atoms with E-state index in [2.05, 4.69) is 52.8 Å². The molecule has 1 aliphatic carbocycles. The molecule has 2 aliphatic rings. The molecular weight excluding hydrogens is 344 g/mol. The highest BCUT2D eigenvalue weighted by Crippen LogP contribution is 2.35. The van der Waals surface area contributed by atoms with Crippen LogP contribution in [0.2, 0.25) is 0 Å². The van der Waals surface area contributed by atoms with Crippen LogP contribution in [0.5, 0.6) is 5.75 Å². The molecule has 0 saturated carbocycles. The molecule has 144 valence electrons. The minimum absolute atomic E-state index is 0.341. The third-order valence-corrected chi connectivity index (χ3v) is 6.56. The number of nitrogens with one attached hydrogen (secondary N) is 2. The van der Waals surface area contributed by atoms with Gasteiger partial charge in [0.2, 0.25) is 0 Å². The van der Waals surface area contributed by atoms with Gasteiger partial charge in [0.05, 0.1) is 0 Å². The van der Waals surface area contributed by atoms with Crippen LogP contribution in [0.3, 0.4) is 0 Å². The number of aromatic nitrogens is 1. The van der Waals surface area contributed by atoms with Gasteiger partial charge in [-0.2, -0.15) is 0 Å². The summed E-state index contributed by atoms with van der Waals surface area (Å²) in [7, 11) is 0. The van der Waals surface area contributed by atoms with Crippen LogP contribution >= 0.6 is 0 Å². The minimum Gasteiger partial charge on any atom is -0.508 e. The first kappa shape index (κ1) is 17.6. The Morgan fingerprint density at radius 1 is 1.00 bits per heavy atom. The Kier molecular flexibility index (Phi) is 4.69. The van der Waals surface area contributed by atoms with Crippen molar-refractivity contribution in [2.45, 2.75) is 44.6 Å². The second kappa shape index (κ2) is 7.48. The van der Waals surface area contributed by atoms with Gasteiger partial charge >= 0.3 is 0 Å². The molecule has 3 nitrogen and oxygen atoms in total. The number of H-pyrrole nitrogens is 1. The van der Waals surface area contributed by atoms with Gasteiger partial charge in [-0.1, -0.05) is 36.4 Å². The number of phenolic OH excluding ortho intramolecular Hbond substituents is 1. The first-order valence-electron chi connectivity index (χ1n) is 10.6. The highest BCUT2D eigenvalue weighted by atomic mass is 16.3. The lowest BCUT2D eigenvalue weighted by Crippen LogP contribution is -2.33. The normalized spacial score (nSPS) is 22.1. The maximum absolute atomic E-state index is 9.74. The SMILES string of the molecule is Oc1ccc2c3c([nH]c2c1)CCC(CCC1CC(c2ccccc2)=CCN1)C3. The van der Waals surface area contributed by atoms with Crippen molar-refractivity contribution in [3.05, 3.63) is 71.4 Å². The number of phenols is 1. The van der Waals surface area contributed by atoms with Gasteiger partial charge in [0.25, 0.3) is 0 Å². The average Bonchev–Trinajstić information content (AvgIpc) is 3.10. The molecule has 0 radical (unpaired) electrons. The summed E-state index contributed by atoms with van der Waals surface area (Å²) in [5.41, 5.74) is 6.80. The largest absolute Gasteiger partial charge is 0.508 e. The molecule has 2 aromatic carbocycles. The van der Waals surface area contributed by atoms with E-state index in [4.69, 9.17) is 0 Å². The van der Waals surface area contributed by atoms with Gasteiger partial charge in [-0.15, -0.1) is 0 Å². The maximum Gasteiger partial charge on any atom is 0.117 e. The van der Waals surface area contributed by atoms with Gasteiger partial charge in [-0.3, -0.25) is 0 Å². The van der Waals surface area contributed by atoms with Crippen LogP contribution in [-0.4, -0.2) is 22.7 Å². The summed E-state index contributed by atoms with van der Waals surface area (Å²) in [4.78, 5) is 3.53. The predicted molar refractivity (Wildman–Crippen MR) is 116 cm³/mol. The Morgan fingerprint density at radius 3 is 2.79 bits per heavy atom. The Balaban J connectivity index is 1.22. The zero-order valence-corrected chi connectivity index (χ0v) is 16.2. The zero-order valence-electron chi connectivity index (χ0n) is 16.2. The number of aromatic amines is 1. The molecule has 3 heteroatoms. The fourth-order valence-corrected chi connectivity index (χ4v) is 5.03. The molecule has 1 aliphatic heterocycles. The van der Waals surface area contributed by atoms with E-state index in [9.17, 15) is 5.11 Å². The molecular formula is C25H28N2O. The van der Waals surface area contributed by atoms with Crippen molar-refractivity contribution in [3.8, 4) is 5.75 Å². The quantitative estimate of drug-likeness (QED) is 0.589. The van der Waals surface area contributed by atoms with Crippen molar-refractivity contribution in [3.63, 3.8) is 0 Å². The van der Waals surface area contributed by atoms with Crippen molar-refractivity contribution < 1.29 is 5.11 Å². The summed E-state index contributed by atoms with van der Waals surface area (Å²) < 4.78 is 0. The lowest BCUT2D eigenvalue weighted by molar-refractivity contribution is 0.374. The van der Waals surface area contributed by atoms with Gasteiger partial charge in [-0.05, 0) is 73.3 Å². The van der Waals surface area contributed by atoms with E-state index in [-0.39, 0.29) is 0 Å². The van der Waals surface area contributed by atoms with Crippen molar-refractivity contribution in [2.24, 2.45) is 5.92 Å². The van der Waals surface area contributed by atoms with Crippen molar-refractivity contribution in [2.75, 3.05) is 6.54 Å². The molecule has 1 aromatic heterocycles. The molecule has 0 saturated heterocycles. The highest BCUT2D eigenvalue weighted by Gasteiger charge is 2.24. The number of hydrogen-bond acceptors (Lipinski definition) is 2. The van der Waals surface area contributed by atoms with E-state index in [1.165, 1.54) is 47.0 Å². The van der Waals surface area contributed by atoms with E-state index >= 15 is 0 Å². The molecule has 3 aromatic rings. The number of rotatable bonds is 4. The number of aryl methyl sites for hydroxylation is 1. The first-order chi connectivity index (χ1) is 13.8. The number of benzene rings is 2. The predicted octanol–water partition coefficient (Wildman–Crippen LogP) is 5.20. The van der Waals surface area contributed by atoms with E-state index in [0.717, 1.165) is 37.2 Å². The van der Waals surface area contributed by atoms with Gasteiger partial charge in [-0.25, -0.2) is 0 Å². The van der Waals surface area contributed by atoms with Gasteiger partial charge < -0.3 is 15.4 Å². The molecule has 0 spiro atoms. The topological polar surface area (TPSA) is 48.0 Å². The standard InChI is InChI=1S/C25H28N2O/c28-21-9-10-22-23-14-17(7-11-24(23)27-25(22)16-21)6-8-20-15-19(12-13-26-20)18-4-2-1-3-5-18/h1-5,9-10,12,16-17,20,26-28H,6-8,11,13-15H2. The summed E-state index contributed by atoms with van der Waals surface area (Å²) in [6, 6.07) is 17.1. The van der Waals surface area contributed by atoms with E-state index < -0.39 is 0 Å². The van der Waals surface area contributed by atoms with Crippen LogP contribution in [0.25, 0.3) is 16.5 Å². The Hall–Kier alpha value is -2.52. The van der Waals surface area contributed by atoms with Crippen molar-refractivity contribution in [1.29, 1.82) is 0 Å². The molecule has 0 fully saturated rings. The van der Waals surface area contributed by atoms with Crippen molar-refractivity contribution in [1.82, 2.24) is 10.3 Å². The van der Waals surface area contributed by atoms with Crippen LogP contribution in [0.1, 0.15) is 42.5 Å². The van der Waals surface area contributed by atoms with E-state index in [1.807, 2.05) is 12.1 Å². The van der Waals surface area contributed by atoms with Gasteiger partial charge in [0.1, 0.15) is 5.75 Å². The van der Waals surface area contributed by atoms with Gasteiger partial charge in [0, 0.05) is 35.2 Å². The van der Waals surface area contributed by atoms with Gasteiger partial charge in [0.15, 0.2) is 0 Å². The van der Waals surface area contributed by atoms with Crippen LogP contribution < -0.4 is 5.32 Å². The highest BCUT2D eigenvalue weighted by molar-refractivity contribution is 5.86. The molecule has 5 rings (SSSR count). The first-order valence-corrected chi connectivity index (χ1v) is 10.6. The maximum atomic E-state index is 9.74. The lowest BCUT2D eigenvalue weighted by atomic mass is 9.82. The monoisotopic (exact) mass is 372 g/mol. The molecule has 0 amide bonds. The zero-order chi connectivity index (χ0) is 18.9. The summed E-state index contributed by atoms with van der Waals surface area (Å²) in [6.07, 6.45) is 9.56. The molecule has 2 unspecified atom stereocenters. The van der Waals surface area contributed by atoms with Crippen LogP contribution in [0, 0.1) is 5.92 Å². The summed E-state index contributed by atoms with van der Waals surface area (Å²) in [5.74, 6) is 1.10. The summed E-state index contributed by atoms with van der Waals surface area (Å²) in [6.45, 7) is 0.982. The fourth-order valence-electron chi connectivity index (χ4n) is 5.03. The summed E-state index contributed by atoms with van der Waals surface area (Å²) in [5, 5.41) is 14.7. The van der Waals surface area contributed by atoms with Crippen LogP contribution in [-0.2, 0) is 12.8 Å². The fraction of sp³-hybridized carbons (Fsp3) is 0.360. The number of aromatic hydroxyl groups is 1. The minimum atomic E-state index is 0.341. The molecule has 0 bridgehead atoms. The van der Waals surface area contributed by atoms with E-state index in [0.29, 0.717) is 11.8 Å². The van der Waals surface area contributed by atoms with Crippen LogP contribution in [0.4, 0.5) is 0 Å². The molecule has 2 atom stereocenters. The Bertz CT molecular complexity index is 1000. The lowest BCUT2D eigenvalue weighted by Gasteiger charge is -2.28. The smallest absolute Gasteiger partial charge is 0.117 e. The Morgan fingerprint density at radius 2 is 1.89 bits per heavy atom. The van der Waals surface area contributed by atoms with Crippen LogP contribution in [0.15, 0.2) is 54.6 Å². The third kappa shape index (κ3) is 3.47. The number of fused-ring (bicyclic) bond motifs is 3. The summed E-state index contributed by atoms with van der Waals surface area (Å²) >= 11 is 0. The second-order valence-electron chi connectivity index (χ2n) is 8.40. The van der Waals surface area contributed by atoms with E-state index in [1.54, 1.807) is 0 Å². The Labute approximate surface area is 166 Å². The molecule has 3 N–H and O–H groups in total. The third-order valence-electron chi connectivity index (χ3n) is 6.56. The average molecular weight is 373 g/mol. The molecule has 2 heterocycles. The van der Waals surface area contributed by atoms with Crippen molar-refractivity contribution >= 4 is 16.5 Å². The molecule has 28 heavy (non-hydrogen) atoms. The second-order valence-corrected chi connectivity index (χ2v) is 8.40.